The fourth-order valence-corrected chi connectivity index (χ4v) is 1.68. The topological polar surface area (TPSA) is 28.7 Å². The van der Waals surface area contributed by atoms with Gasteiger partial charge < -0.3 is 4.98 Å². The van der Waals surface area contributed by atoms with E-state index in [1.165, 1.54) is 11.1 Å². The number of hydrogen-bond acceptors (Lipinski definition) is 2. The van der Waals surface area contributed by atoms with Gasteiger partial charge in [0, 0.05) is 11.8 Å². The van der Waals surface area contributed by atoms with Gasteiger partial charge in [-0.05, 0) is 30.5 Å². The molecule has 0 unspecified atom stereocenters. The Hall–Kier alpha value is -1.48. The first-order valence-electron chi connectivity index (χ1n) is 4.79. The zero-order chi connectivity index (χ0) is 10.8. The van der Waals surface area contributed by atoms with Crippen LogP contribution < -0.4 is 0 Å². The Balaban J connectivity index is 2.60. The Morgan fingerprint density at radius 1 is 1.20 bits per heavy atom. The van der Waals surface area contributed by atoms with Crippen LogP contribution in [0, 0.1) is 18.5 Å². The number of H-pyrrole nitrogens is 1. The maximum Gasteiger partial charge on any atom is 0.113 e. The number of aromatic nitrogens is 2. The second-order valence-electron chi connectivity index (χ2n) is 3.59. The molecule has 0 aliphatic carbocycles. The summed E-state index contributed by atoms with van der Waals surface area (Å²) in [5.41, 5.74) is 4.66. The zero-order valence-electron chi connectivity index (χ0n) is 8.74. The molecule has 3 heteroatoms. The van der Waals surface area contributed by atoms with Crippen molar-refractivity contribution in [2.45, 2.75) is 13.8 Å². The van der Waals surface area contributed by atoms with Crippen molar-refractivity contribution in [1.29, 1.82) is 0 Å². The molecule has 15 heavy (non-hydrogen) atoms. The highest BCUT2D eigenvalue weighted by atomic mass is 32.1. The summed E-state index contributed by atoms with van der Waals surface area (Å²) in [7, 11) is 0. The Morgan fingerprint density at radius 3 is 2.67 bits per heavy atom. The summed E-state index contributed by atoms with van der Waals surface area (Å²) in [6.45, 7) is 4.20. The second kappa shape index (κ2) is 3.95. The quantitative estimate of drug-likeness (QED) is 0.740. The van der Waals surface area contributed by atoms with Crippen LogP contribution in [0.3, 0.4) is 0 Å². The lowest BCUT2D eigenvalue weighted by molar-refractivity contribution is 1.15. The number of nitrogens with zero attached hydrogens (tertiary/aromatic N) is 1. The average Bonchev–Trinajstić information content (AvgIpc) is 2.23. The first-order valence-corrected chi connectivity index (χ1v) is 5.19. The van der Waals surface area contributed by atoms with Crippen LogP contribution in [0.25, 0.3) is 11.1 Å². The predicted octanol–water partition coefficient (Wildman–Crippen LogP) is 3.42. The minimum absolute atomic E-state index is 0.730. The predicted molar refractivity (Wildman–Crippen MR) is 64.3 cm³/mol. The Morgan fingerprint density at radius 2 is 2.00 bits per heavy atom. The van der Waals surface area contributed by atoms with Crippen LogP contribution in [0.5, 0.6) is 0 Å². The normalized spacial score (nSPS) is 10.3. The van der Waals surface area contributed by atoms with Crippen molar-refractivity contribution in [3.05, 3.63) is 46.5 Å². The largest absolute Gasteiger partial charge is 0.337 e. The van der Waals surface area contributed by atoms with Gasteiger partial charge in [0.2, 0.25) is 0 Å². The molecule has 2 nitrogen and oxygen atoms in total. The maximum absolute atomic E-state index is 5.21. The molecule has 1 aromatic heterocycles. The van der Waals surface area contributed by atoms with Crippen molar-refractivity contribution in [2.24, 2.45) is 0 Å². The molecule has 0 saturated heterocycles. The van der Waals surface area contributed by atoms with Crippen molar-refractivity contribution in [3.63, 3.8) is 0 Å². The minimum Gasteiger partial charge on any atom is -0.337 e. The number of aromatic amines is 1. The third-order valence-electron chi connectivity index (χ3n) is 2.54. The van der Waals surface area contributed by atoms with Crippen molar-refractivity contribution in [2.75, 3.05) is 0 Å². The highest BCUT2D eigenvalue weighted by Crippen LogP contribution is 2.21. The summed E-state index contributed by atoms with van der Waals surface area (Å²) >= 11 is 5.21. The molecule has 0 amide bonds. The van der Waals surface area contributed by atoms with Crippen molar-refractivity contribution < 1.29 is 0 Å². The molecule has 0 fully saturated rings. The van der Waals surface area contributed by atoms with Crippen molar-refractivity contribution in [1.82, 2.24) is 9.97 Å². The highest BCUT2D eigenvalue weighted by Gasteiger charge is 2.01. The molecule has 0 spiro atoms. The van der Waals surface area contributed by atoms with Crippen LogP contribution >= 0.6 is 12.2 Å². The first kappa shape index (κ1) is 10.1. The molecule has 0 atom stereocenters. The van der Waals surface area contributed by atoms with E-state index >= 15 is 0 Å². The Kier molecular flexibility index (Phi) is 2.64. The van der Waals surface area contributed by atoms with Gasteiger partial charge in [0.05, 0.1) is 6.33 Å². The lowest BCUT2D eigenvalue weighted by Gasteiger charge is -2.04. The molecule has 1 N–H and O–H groups in total. The van der Waals surface area contributed by atoms with E-state index in [0.717, 1.165) is 15.8 Å². The van der Waals surface area contributed by atoms with Gasteiger partial charge in [-0.15, -0.1) is 0 Å². The lowest BCUT2D eigenvalue weighted by atomic mass is 10.0. The number of nitrogens with one attached hydrogen (secondary N) is 1. The number of benzene rings is 1. The van der Waals surface area contributed by atoms with Crippen LogP contribution in [0.1, 0.15) is 11.1 Å². The van der Waals surface area contributed by atoms with E-state index in [1.807, 2.05) is 0 Å². The molecule has 0 saturated carbocycles. The molecule has 0 radical (unpaired) electrons. The van der Waals surface area contributed by atoms with Crippen molar-refractivity contribution in [3.8, 4) is 11.1 Å². The second-order valence-corrected chi connectivity index (χ2v) is 4.00. The molecule has 1 aromatic carbocycles. The Labute approximate surface area is 94.0 Å². The van der Waals surface area contributed by atoms with E-state index in [4.69, 9.17) is 12.2 Å². The molecular weight excluding hydrogens is 204 g/mol. The SMILES string of the molecule is Cc1ccc(-c2cnc[nH]c2=S)cc1C. The summed E-state index contributed by atoms with van der Waals surface area (Å²) in [5.74, 6) is 0. The van der Waals surface area contributed by atoms with Gasteiger partial charge in [-0.2, -0.15) is 0 Å². The third-order valence-corrected chi connectivity index (χ3v) is 2.87. The smallest absolute Gasteiger partial charge is 0.113 e. The molecule has 2 rings (SSSR count). The van der Waals surface area contributed by atoms with Crippen LogP contribution in [0.2, 0.25) is 0 Å². The highest BCUT2D eigenvalue weighted by molar-refractivity contribution is 7.71. The van der Waals surface area contributed by atoms with Gasteiger partial charge in [0.25, 0.3) is 0 Å². The van der Waals surface area contributed by atoms with Crippen LogP contribution in [0.15, 0.2) is 30.7 Å². The molecule has 2 aromatic rings. The van der Waals surface area contributed by atoms with Gasteiger partial charge in [-0.25, -0.2) is 4.98 Å². The molecule has 1 heterocycles. The maximum atomic E-state index is 5.21. The van der Waals surface area contributed by atoms with Crippen molar-refractivity contribution >= 4 is 12.2 Å². The summed E-state index contributed by atoms with van der Waals surface area (Å²) < 4.78 is 0.730. The summed E-state index contributed by atoms with van der Waals surface area (Å²) in [6.07, 6.45) is 3.40. The molecule has 0 bridgehead atoms. The summed E-state index contributed by atoms with van der Waals surface area (Å²) in [6, 6.07) is 6.31. The molecule has 76 valence electrons. The van der Waals surface area contributed by atoms with Crippen LogP contribution in [-0.2, 0) is 0 Å². The van der Waals surface area contributed by atoms with E-state index in [2.05, 4.69) is 42.0 Å². The average molecular weight is 216 g/mol. The van der Waals surface area contributed by atoms with Gasteiger partial charge in [-0.1, -0.05) is 30.4 Å². The Bertz CT molecular complexity index is 543. The molecule has 0 aliphatic heterocycles. The zero-order valence-corrected chi connectivity index (χ0v) is 9.56. The molecular formula is C12H12N2S. The van der Waals surface area contributed by atoms with E-state index in [0.29, 0.717) is 0 Å². The standard InChI is InChI=1S/C12H12N2S/c1-8-3-4-10(5-9(8)2)11-6-13-7-14-12(11)15/h3-7H,1-2H3,(H,13,14,15). The monoisotopic (exact) mass is 216 g/mol. The molecule has 0 aliphatic rings. The van der Waals surface area contributed by atoms with E-state index in [-0.39, 0.29) is 0 Å². The van der Waals surface area contributed by atoms with Gasteiger partial charge >= 0.3 is 0 Å². The lowest BCUT2D eigenvalue weighted by Crippen LogP contribution is -1.87. The van der Waals surface area contributed by atoms with Crippen LogP contribution in [0.4, 0.5) is 0 Å². The summed E-state index contributed by atoms with van der Waals surface area (Å²) in [4.78, 5) is 6.99. The fraction of sp³-hybridized carbons (Fsp3) is 0.167. The summed E-state index contributed by atoms with van der Waals surface area (Å²) in [5, 5.41) is 0. The number of rotatable bonds is 1. The minimum atomic E-state index is 0.730. The third kappa shape index (κ3) is 1.97. The number of aryl methyl sites for hydroxylation is 2. The fourth-order valence-electron chi connectivity index (χ4n) is 1.46. The van der Waals surface area contributed by atoms with E-state index in [9.17, 15) is 0 Å². The van der Waals surface area contributed by atoms with Gasteiger partial charge in [0.15, 0.2) is 0 Å². The van der Waals surface area contributed by atoms with Crippen LogP contribution in [-0.4, -0.2) is 9.97 Å². The van der Waals surface area contributed by atoms with E-state index < -0.39 is 0 Å². The number of hydrogen-bond donors (Lipinski definition) is 1. The first-order chi connectivity index (χ1) is 7.18. The van der Waals surface area contributed by atoms with Gasteiger partial charge in [0.1, 0.15) is 4.64 Å². The van der Waals surface area contributed by atoms with Gasteiger partial charge in [-0.3, -0.25) is 0 Å². The van der Waals surface area contributed by atoms with E-state index in [1.54, 1.807) is 12.5 Å².